The maximum atomic E-state index is 5.86. The molecule has 2 rings (SSSR count). The van der Waals surface area contributed by atoms with Crippen LogP contribution in [-0.4, -0.2) is 17.2 Å². The fourth-order valence-corrected chi connectivity index (χ4v) is 1.64. The molecule has 2 nitrogen and oxygen atoms in total. The van der Waals surface area contributed by atoms with Crippen LogP contribution >= 0.6 is 0 Å². The summed E-state index contributed by atoms with van der Waals surface area (Å²) in [7, 11) is 5.86. The van der Waals surface area contributed by atoms with E-state index in [1.54, 1.807) is 0 Å². The molecule has 0 aliphatic carbocycles. The molecule has 0 bridgehead atoms. The molecular weight excluding hydrogens is 159 g/mol. The van der Waals surface area contributed by atoms with Gasteiger partial charge in [0.25, 0.3) is 0 Å². The van der Waals surface area contributed by atoms with Gasteiger partial charge in [0.1, 0.15) is 7.85 Å². The second-order valence-electron chi connectivity index (χ2n) is 3.17. The number of fused-ring (bicyclic) bond motifs is 1. The van der Waals surface area contributed by atoms with Crippen molar-refractivity contribution in [1.82, 2.24) is 9.38 Å². The third kappa shape index (κ3) is 1.15. The topological polar surface area (TPSA) is 17.3 Å². The number of imidazole rings is 1. The molecule has 2 aromatic heterocycles. The van der Waals surface area contributed by atoms with Crippen molar-refractivity contribution in [3.05, 3.63) is 29.8 Å². The fraction of sp³-hybridized carbons (Fsp3) is 0.300. The van der Waals surface area contributed by atoms with Crippen molar-refractivity contribution in [1.29, 1.82) is 0 Å². The summed E-state index contributed by atoms with van der Waals surface area (Å²) in [5, 5.41) is 0. The first-order chi connectivity index (χ1) is 6.24. The van der Waals surface area contributed by atoms with Gasteiger partial charge in [-0.05, 0) is 19.4 Å². The van der Waals surface area contributed by atoms with Crippen LogP contribution in [0.3, 0.4) is 0 Å². The molecular formula is C10H11BN2. The minimum absolute atomic E-state index is 0.840. The lowest BCUT2D eigenvalue weighted by molar-refractivity contribution is 0.985. The van der Waals surface area contributed by atoms with E-state index >= 15 is 0 Å². The number of nitrogens with zero attached hydrogens (tertiary/aromatic N) is 2. The minimum Gasteiger partial charge on any atom is -0.304 e. The Bertz CT molecular complexity index is 445. The third-order valence-electron chi connectivity index (χ3n) is 2.38. The van der Waals surface area contributed by atoms with E-state index in [9.17, 15) is 0 Å². The van der Waals surface area contributed by atoms with Crippen molar-refractivity contribution >= 4 is 18.8 Å². The van der Waals surface area contributed by atoms with Crippen molar-refractivity contribution in [2.45, 2.75) is 20.3 Å². The first-order valence-corrected chi connectivity index (χ1v) is 4.45. The SMILES string of the molecule is [B]c1ccc2c(C)ncn2c1CC. The van der Waals surface area contributed by atoms with Gasteiger partial charge >= 0.3 is 0 Å². The summed E-state index contributed by atoms with van der Waals surface area (Å²) in [5.74, 6) is 0. The van der Waals surface area contributed by atoms with Crippen LogP contribution in [0, 0.1) is 6.92 Å². The van der Waals surface area contributed by atoms with Crippen molar-refractivity contribution in [2.75, 3.05) is 0 Å². The average molecular weight is 170 g/mol. The first kappa shape index (κ1) is 8.36. The molecule has 0 spiro atoms. The summed E-state index contributed by atoms with van der Waals surface area (Å²) in [5.41, 5.74) is 4.17. The van der Waals surface area contributed by atoms with Gasteiger partial charge in [-0.25, -0.2) is 4.98 Å². The maximum Gasteiger partial charge on any atom is 0.116 e. The minimum atomic E-state index is 0.840. The van der Waals surface area contributed by atoms with Crippen molar-refractivity contribution in [3.8, 4) is 0 Å². The molecule has 0 unspecified atom stereocenters. The summed E-state index contributed by atoms with van der Waals surface area (Å²) in [4.78, 5) is 4.25. The Morgan fingerprint density at radius 3 is 2.92 bits per heavy atom. The van der Waals surface area contributed by atoms with Gasteiger partial charge < -0.3 is 4.40 Å². The Morgan fingerprint density at radius 1 is 1.46 bits per heavy atom. The lowest BCUT2D eigenvalue weighted by Gasteiger charge is -2.06. The zero-order valence-electron chi connectivity index (χ0n) is 7.91. The normalized spacial score (nSPS) is 10.9. The van der Waals surface area contributed by atoms with Crippen molar-refractivity contribution in [3.63, 3.8) is 0 Å². The summed E-state index contributed by atoms with van der Waals surface area (Å²) in [6, 6.07) is 3.96. The lowest BCUT2D eigenvalue weighted by Crippen LogP contribution is -2.14. The molecule has 2 aromatic rings. The highest BCUT2D eigenvalue weighted by molar-refractivity contribution is 6.33. The molecule has 0 saturated heterocycles. The van der Waals surface area contributed by atoms with E-state index < -0.39 is 0 Å². The second-order valence-corrected chi connectivity index (χ2v) is 3.17. The number of aromatic nitrogens is 2. The van der Waals surface area contributed by atoms with E-state index in [1.165, 1.54) is 0 Å². The highest BCUT2D eigenvalue weighted by Gasteiger charge is 2.04. The van der Waals surface area contributed by atoms with Gasteiger partial charge in [0, 0.05) is 5.69 Å². The molecule has 2 heterocycles. The number of hydrogen-bond donors (Lipinski definition) is 0. The smallest absolute Gasteiger partial charge is 0.116 e. The van der Waals surface area contributed by atoms with Crippen LogP contribution < -0.4 is 5.46 Å². The van der Waals surface area contributed by atoms with Gasteiger partial charge in [0.05, 0.1) is 17.5 Å². The van der Waals surface area contributed by atoms with Gasteiger partial charge in [0.2, 0.25) is 0 Å². The van der Waals surface area contributed by atoms with Gasteiger partial charge in [-0.2, -0.15) is 0 Å². The molecule has 0 atom stereocenters. The Labute approximate surface area is 79.0 Å². The van der Waals surface area contributed by atoms with E-state index in [0.717, 1.165) is 28.8 Å². The quantitative estimate of drug-likeness (QED) is 0.583. The number of pyridine rings is 1. The van der Waals surface area contributed by atoms with Gasteiger partial charge in [0.15, 0.2) is 0 Å². The first-order valence-electron chi connectivity index (χ1n) is 4.45. The number of rotatable bonds is 1. The zero-order chi connectivity index (χ0) is 9.42. The number of hydrogen-bond acceptors (Lipinski definition) is 1. The van der Waals surface area contributed by atoms with Crippen LogP contribution in [0.25, 0.3) is 5.52 Å². The van der Waals surface area contributed by atoms with Crippen molar-refractivity contribution < 1.29 is 0 Å². The molecule has 3 heteroatoms. The monoisotopic (exact) mass is 170 g/mol. The predicted molar refractivity (Wildman–Crippen MR) is 54.7 cm³/mol. The predicted octanol–water partition coefficient (Wildman–Crippen LogP) is 0.999. The molecule has 0 saturated carbocycles. The van der Waals surface area contributed by atoms with Crippen LogP contribution in [0.15, 0.2) is 18.5 Å². The molecule has 0 aliphatic rings. The fourth-order valence-electron chi connectivity index (χ4n) is 1.64. The third-order valence-corrected chi connectivity index (χ3v) is 2.38. The Balaban J connectivity index is 2.85. The van der Waals surface area contributed by atoms with Crippen LogP contribution in [0.1, 0.15) is 18.3 Å². The molecule has 0 aliphatic heterocycles. The molecule has 0 fully saturated rings. The summed E-state index contributed by atoms with van der Waals surface area (Å²) >= 11 is 0. The molecule has 13 heavy (non-hydrogen) atoms. The van der Waals surface area contributed by atoms with Crippen LogP contribution in [0.5, 0.6) is 0 Å². The van der Waals surface area contributed by atoms with Gasteiger partial charge in [-0.15, -0.1) is 0 Å². The second kappa shape index (κ2) is 2.91. The van der Waals surface area contributed by atoms with Crippen LogP contribution in [0.2, 0.25) is 0 Å². The van der Waals surface area contributed by atoms with E-state index in [1.807, 2.05) is 25.4 Å². The largest absolute Gasteiger partial charge is 0.304 e. The number of aryl methyl sites for hydroxylation is 2. The molecule has 0 N–H and O–H groups in total. The van der Waals surface area contributed by atoms with Crippen LogP contribution in [-0.2, 0) is 6.42 Å². The van der Waals surface area contributed by atoms with E-state index in [0.29, 0.717) is 0 Å². The summed E-state index contributed by atoms with van der Waals surface area (Å²) in [6.45, 7) is 4.10. The Kier molecular flexibility index (Phi) is 1.87. The van der Waals surface area contributed by atoms with Crippen molar-refractivity contribution in [2.24, 2.45) is 0 Å². The van der Waals surface area contributed by atoms with E-state index in [2.05, 4.69) is 16.3 Å². The summed E-state index contributed by atoms with van der Waals surface area (Å²) < 4.78 is 2.06. The average Bonchev–Trinajstić information content (AvgIpc) is 2.48. The Morgan fingerprint density at radius 2 is 2.23 bits per heavy atom. The molecule has 0 aromatic carbocycles. The van der Waals surface area contributed by atoms with Crippen LogP contribution in [0.4, 0.5) is 0 Å². The summed E-state index contributed by atoms with van der Waals surface area (Å²) in [6.07, 6.45) is 2.76. The van der Waals surface area contributed by atoms with E-state index in [4.69, 9.17) is 7.85 Å². The van der Waals surface area contributed by atoms with Gasteiger partial charge in [-0.3, -0.25) is 0 Å². The standard InChI is InChI=1S/C10H11BN2/c1-3-9-8(11)4-5-10-7(2)12-6-13(9)10/h4-6H,3H2,1-2H3. The molecule has 64 valence electrons. The maximum absolute atomic E-state index is 5.86. The zero-order valence-corrected chi connectivity index (χ0v) is 7.91. The lowest BCUT2D eigenvalue weighted by atomic mass is 9.93. The Hall–Kier alpha value is -1.25. The van der Waals surface area contributed by atoms with Gasteiger partial charge in [-0.1, -0.05) is 18.5 Å². The highest BCUT2D eigenvalue weighted by atomic mass is 15.0. The van der Waals surface area contributed by atoms with E-state index in [-0.39, 0.29) is 0 Å². The molecule has 2 radical (unpaired) electrons. The molecule has 0 amide bonds. The highest BCUT2D eigenvalue weighted by Crippen LogP contribution is 2.09.